The van der Waals surface area contributed by atoms with Crippen LogP contribution in [0.1, 0.15) is 35.7 Å². The van der Waals surface area contributed by atoms with Gasteiger partial charge in [-0.05, 0) is 37.5 Å². The first-order valence-electron chi connectivity index (χ1n) is 10.3. The zero-order valence-corrected chi connectivity index (χ0v) is 17.8. The summed E-state index contributed by atoms with van der Waals surface area (Å²) >= 11 is 0. The molecular formula is C23H28N4O5. The third-order valence-corrected chi connectivity index (χ3v) is 4.78. The number of hydrogen-bond donors (Lipinski definition) is 5. The molecule has 0 aliphatic rings. The van der Waals surface area contributed by atoms with Crippen molar-refractivity contribution in [2.24, 2.45) is 5.73 Å². The number of nitrogens with two attached hydrogens (primary N) is 1. The lowest BCUT2D eigenvalue weighted by Gasteiger charge is -2.19. The minimum Gasteiger partial charge on any atom is -0.480 e. The van der Waals surface area contributed by atoms with Crippen molar-refractivity contribution in [3.05, 3.63) is 65.7 Å². The number of aliphatic carboxylic acids is 1. The second-order valence-corrected chi connectivity index (χ2v) is 7.31. The van der Waals surface area contributed by atoms with Crippen molar-refractivity contribution in [2.75, 3.05) is 11.9 Å². The normalized spacial score (nSPS) is 12.3. The molecule has 0 aliphatic carbocycles. The lowest BCUT2D eigenvalue weighted by atomic mass is 10.1. The van der Waals surface area contributed by atoms with Crippen molar-refractivity contribution in [3.63, 3.8) is 0 Å². The summed E-state index contributed by atoms with van der Waals surface area (Å²) < 4.78 is 0. The highest BCUT2D eigenvalue weighted by molar-refractivity contribution is 6.02. The number of anilines is 1. The minimum absolute atomic E-state index is 0.134. The van der Waals surface area contributed by atoms with E-state index in [9.17, 15) is 24.3 Å². The number of benzene rings is 2. The van der Waals surface area contributed by atoms with Crippen molar-refractivity contribution in [1.82, 2.24) is 10.6 Å². The molecule has 2 atom stereocenters. The number of amides is 3. The van der Waals surface area contributed by atoms with Gasteiger partial charge in [-0.1, -0.05) is 42.5 Å². The summed E-state index contributed by atoms with van der Waals surface area (Å²) in [6.45, 7) is 2.07. The predicted octanol–water partition coefficient (Wildman–Crippen LogP) is 1.29. The van der Waals surface area contributed by atoms with E-state index in [0.29, 0.717) is 17.8 Å². The molecule has 9 heteroatoms. The summed E-state index contributed by atoms with van der Waals surface area (Å²) in [5.74, 6) is -3.10. The van der Waals surface area contributed by atoms with E-state index in [2.05, 4.69) is 16.0 Å². The van der Waals surface area contributed by atoms with Gasteiger partial charge in [0.1, 0.15) is 12.1 Å². The molecule has 6 N–H and O–H groups in total. The fourth-order valence-corrected chi connectivity index (χ4v) is 3.00. The average molecular weight is 441 g/mol. The fourth-order valence-electron chi connectivity index (χ4n) is 3.00. The smallest absolute Gasteiger partial charge is 0.326 e. The van der Waals surface area contributed by atoms with Crippen LogP contribution in [0.4, 0.5) is 5.69 Å². The lowest BCUT2D eigenvalue weighted by molar-refractivity contribution is -0.142. The van der Waals surface area contributed by atoms with Gasteiger partial charge in [0.25, 0.3) is 5.91 Å². The Morgan fingerprint density at radius 2 is 1.62 bits per heavy atom. The highest BCUT2D eigenvalue weighted by Crippen LogP contribution is 2.15. The molecule has 0 aromatic heterocycles. The Labute approximate surface area is 186 Å². The monoisotopic (exact) mass is 440 g/mol. The highest BCUT2D eigenvalue weighted by atomic mass is 16.4. The van der Waals surface area contributed by atoms with Crippen LogP contribution in [-0.4, -0.2) is 47.4 Å². The van der Waals surface area contributed by atoms with Gasteiger partial charge in [0.2, 0.25) is 11.8 Å². The summed E-state index contributed by atoms with van der Waals surface area (Å²) in [5, 5.41) is 17.3. The van der Waals surface area contributed by atoms with Crippen molar-refractivity contribution in [2.45, 2.75) is 38.3 Å². The van der Waals surface area contributed by atoms with Crippen LogP contribution in [0.5, 0.6) is 0 Å². The van der Waals surface area contributed by atoms with E-state index in [1.807, 2.05) is 30.3 Å². The number of carbonyl (C=O) groups excluding carboxylic acids is 3. The van der Waals surface area contributed by atoms with Crippen molar-refractivity contribution in [1.29, 1.82) is 0 Å². The standard InChI is InChI=1S/C23H28N4O5/c1-15(21(29)27-19(23(31)32)11-12-20(24)28)26-22(30)17-9-5-6-10-18(17)25-14-13-16-7-3-2-4-8-16/h2-10,15,19,25H,11-14H2,1H3,(H2,24,28)(H,26,30)(H,27,29)(H,31,32)/t15-,19+/m1/s1. The zero-order chi connectivity index (χ0) is 23.5. The Balaban J connectivity index is 1.95. The molecule has 2 aromatic carbocycles. The van der Waals surface area contributed by atoms with Gasteiger partial charge in [-0.25, -0.2) is 4.79 Å². The maximum Gasteiger partial charge on any atom is 0.326 e. The van der Waals surface area contributed by atoms with E-state index < -0.39 is 35.8 Å². The number of rotatable bonds is 12. The number of nitrogens with one attached hydrogen (secondary N) is 3. The van der Waals surface area contributed by atoms with Crippen LogP contribution < -0.4 is 21.7 Å². The maximum absolute atomic E-state index is 12.7. The number of para-hydroxylation sites is 1. The third kappa shape index (κ3) is 7.75. The second-order valence-electron chi connectivity index (χ2n) is 7.31. The van der Waals surface area contributed by atoms with Crippen LogP contribution in [0.15, 0.2) is 54.6 Å². The summed E-state index contributed by atoms with van der Waals surface area (Å²) in [6, 6.07) is 14.6. The third-order valence-electron chi connectivity index (χ3n) is 4.78. The van der Waals surface area contributed by atoms with Crippen LogP contribution in [0.2, 0.25) is 0 Å². The first-order chi connectivity index (χ1) is 15.3. The Bertz CT molecular complexity index is 948. The second kappa shape index (κ2) is 12.1. The number of carboxylic acids is 1. The fraction of sp³-hybridized carbons (Fsp3) is 0.304. The first-order valence-corrected chi connectivity index (χ1v) is 10.3. The van der Waals surface area contributed by atoms with E-state index >= 15 is 0 Å². The average Bonchev–Trinajstić information content (AvgIpc) is 2.77. The predicted molar refractivity (Wildman–Crippen MR) is 120 cm³/mol. The van der Waals surface area contributed by atoms with E-state index in [4.69, 9.17) is 5.73 Å². The van der Waals surface area contributed by atoms with Crippen molar-refractivity contribution >= 4 is 29.4 Å². The number of hydrogen-bond acceptors (Lipinski definition) is 5. The van der Waals surface area contributed by atoms with Crippen molar-refractivity contribution in [3.8, 4) is 0 Å². The molecule has 0 heterocycles. The molecule has 3 amide bonds. The molecule has 0 unspecified atom stereocenters. The van der Waals surface area contributed by atoms with Gasteiger partial charge in [0.15, 0.2) is 0 Å². The van der Waals surface area contributed by atoms with Gasteiger partial charge in [-0.3, -0.25) is 14.4 Å². The highest BCUT2D eigenvalue weighted by Gasteiger charge is 2.25. The van der Waals surface area contributed by atoms with Crippen LogP contribution in [0.25, 0.3) is 0 Å². The largest absolute Gasteiger partial charge is 0.480 e. The molecule has 2 rings (SSSR count). The maximum atomic E-state index is 12.7. The quantitative estimate of drug-likeness (QED) is 0.336. The first kappa shape index (κ1) is 24.4. The molecule has 32 heavy (non-hydrogen) atoms. The van der Waals surface area contributed by atoms with Crippen LogP contribution in [0, 0.1) is 0 Å². The summed E-state index contributed by atoms with van der Waals surface area (Å²) in [5.41, 5.74) is 7.19. The lowest BCUT2D eigenvalue weighted by Crippen LogP contribution is -2.50. The zero-order valence-electron chi connectivity index (χ0n) is 17.8. The summed E-state index contributed by atoms with van der Waals surface area (Å²) in [4.78, 5) is 47.3. The molecular weight excluding hydrogens is 412 g/mol. The van der Waals surface area contributed by atoms with Gasteiger partial charge in [0, 0.05) is 18.7 Å². The number of primary amides is 1. The van der Waals surface area contributed by atoms with Crippen molar-refractivity contribution < 1.29 is 24.3 Å². The van der Waals surface area contributed by atoms with Crippen LogP contribution >= 0.6 is 0 Å². The van der Waals surface area contributed by atoms with E-state index in [1.165, 1.54) is 6.92 Å². The Kier molecular flexibility index (Phi) is 9.22. The number of carboxylic acid groups (broad SMARTS) is 1. The Hall–Kier alpha value is -3.88. The van der Waals surface area contributed by atoms with Gasteiger partial charge in [-0.2, -0.15) is 0 Å². The molecule has 0 saturated heterocycles. The molecule has 0 aliphatic heterocycles. The van der Waals surface area contributed by atoms with Crippen LogP contribution in [0.3, 0.4) is 0 Å². The van der Waals surface area contributed by atoms with Gasteiger partial charge >= 0.3 is 5.97 Å². The molecule has 0 fully saturated rings. The van der Waals surface area contributed by atoms with E-state index in [0.717, 1.165) is 12.0 Å². The molecule has 0 radical (unpaired) electrons. The molecule has 9 nitrogen and oxygen atoms in total. The number of carbonyl (C=O) groups is 4. The topological polar surface area (TPSA) is 151 Å². The molecule has 0 bridgehead atoms. The SMILES string of the molecule is C[C@@H](NC(=O)c1ccccc1NCCc1ccccc1)C(=O)N[C@@H](CCC(N)=O)C(=O)O. The Morgan fingerprint density at radius 1 is 0.969 bits per heavy atom. The summed E-state index contributed by atoms with van der Waals surface area (Å²) in [6.07, 6.45) is 0.461. The summed E-state index contributed by atoms with van der Waals surface area (Å²) in [7, 11) is 0. The minimum atomic E-state index is -1.29. The molecule has 2 aromatic rings. The molecule has 0 spiro atoms. The van der Waals surface area contributed by atoms with E-state index in [1.54, 1.807) is 24.3 Å². The van der Waals surface area contributed by atoms with Gasteiger partial charge in [-0.15, -0.1) is 0 Å². The Morgan fingerprint density at radius 3 is 2.28 bits per heavy atom. The molecule has 0 saturated carbocycles. The van der Waals surface area contributed by atoms with Crippen LogP contribution in [-0.2, 0) is 20.8 Å². The van der Waals surface area contributed by atoms with Gasteiger partial charge < -0.3 is 26.8 Å². The van der Waals surface area contributed by atoms with Gasteiger partial charge in [0.05, 0.1) is 5.56 Å². The van der Waals surface area contributed by atoms with E-state index in [-0.39, 0.29) is 12.8 Å². The molecule has 170 valence electrons.